The van der Waals surface area contributed by atoms with Crippen LogP contribution < -0.4 is 10.6 Å². The van der Waals surface area contributed by atoms with Gasteiger partial charge in [-0.25, -0.2) is 14.6 Å². The summed E-state index contributed by atoms with van der Waals surface area (Å²) in [6, 6.07) is 21.7. The average Bonchev–Trinajstić information content (AvgIpc) is 3.27. The predicted octanol–water partition coefficient (Wildman–Crippen LogP) is 4.27. The normalized spacial score (nSPS) is 14.0. The number of aromatic hydroxyl groups is 1. The van der Waals surface area contributed by atoms with E-state index in [0.717, 1.165) is 18.7 Å². The summed E-state index contributed by atoms with van der Waals surface area (Å²) in [6.45, 7) is 2.91. The van der Waals surface area contributed by atoms with Crippen LogP contribution >= 0.6 is 0 Å². The van der Waals surface area contributed by atoms with Crippen LogP contribution in [0.25, 0.3) is 10.9 Å². The molecule has 0 unspecified atom stereocenters. The molecule has 1 aromatic heterocycles. The van der Waals surface area contributed by atoms with Gasteiger partial charge in [0.15, 0.2) is 5.88 Å². The number of hydrogen-bond donors (Lipinski definition) is 4. The van der Waals surface area contributed by atoms with Crippen LogP contribution in [0.1, 0.15) is 21.5 Å². The Hall–Kier alpha value is -4.63. The van der Waals surface area contributed by atoms with Crippen LogP contribution in [0.15, 0.2) is 77.8 Å². The first-order valence-electron chi connectivity index (χ1n) is 12.0. The number of methoxy groups -OCH3 is 1. The number of fused-ring (bicyclic) bond motifs is 1. The van der Waals surface area contributed by atoms with Gasteiger partial charge >= 0.3 is 12.0 Å². The largest absolute Gasteiger partial charge is 0.494 e. The third kappa shape index (κ3) is 5.17. The van der Waals surface area contributed by atoms with Crippen LogP contribution in [-0.4, -0.2) is 66.0 Å². The van der Waals surface area contributed by atoms with Crippen molar-refractivity contribution in [3.05, 3.63) is 89.5 Å². The molecule has 188 valence electrons. The summed E-state index contributed by atoms with van der Waals surface area (Å²) >= 11 is 0. The van der Waals surface area contributed by atoms with Gasteiger partial charge in [0.1, 0.15) is 0 Å². The molecule has 0 saturated carbocycles. The number of carbonyl (C=O) groups is 2. The summed E-state index contributed by atoms with van der Waals surface area (Å²) in [7, 11) is 1.33. The van der Waals surface area contributed by atoms with E-state index in [1.54, 1.807) is 35.2 Å². The molecule has 1 aliphatic rings. The molecule has 0 bridgehead atoms. The number of anilines is 1. The van der Waals surface area contributed by atoms with E-state index in [2.05, 4.69) is 15.6 Å². The van der Waals surface area contributed by atoms with Crippen LogP contribution in [0.4, 0.5) is 16.2 Å². The van der Waals surface area contributed by atoms with E-state index < -0.39 is 5.97 Å². The molecule has 0 aliphatic carbocycles. The Balaban J connectivity index is 1.49. The lowest BCUT2D eigenvalue weighted by Crippen LogP contribution is -2.48. The monoisotopic (exact) mass is 497 g/mol. The molecule has 37 heavy (non-hydrogen) atoms. The minimum atomic E-state index is -0.460. The maximum absolute atomic E-state index is 12.5. The lowest BCUT2D eigenvalue weighted by atomic mass is 10.00. The Bertz CT molecular complexity index is 1460. The molecule has 2 amide bonds. The number of ether oxygens (including phenoxy) is 1. The number of esters is 1. The van der Waals surface area contributed by atoms with E-state index in [4.69, 9.17) is 9.73 Å². The van der Waals surface area contributed by atoms with Crippen molar-refractivity contribution in [2.45, 2.75) is 0 Å². The Morgan fingerprint density at radius 2 is 1.70 bits per heavy atom. The zero-order valence-corrected chi connectivity index (χ0v) is 20.3. The van der Waals surface area contributed by atoms with E-state index in [0.29, 0.717) is 52.2 Å². The van der Waals surface area contributed by atoms with Gasteiger partial charge in [-0.1, -0.05) is 36.4 Å². The van der Waals surface area contributed by atoms with Gasteiger partial charge in [-0.3, -0.25) is 0 Å². The number of hydrogen-bond acceptors (Lipinski definition) is 6. The Kier molecular flexibility index (Phi) is 6.87. The number of aromatic nitrogens is 1. The number of benzene rings is 3. The van der Waals surface area contributed by atoms with Gasteiger partial charge in [0.25, 0.3) is 0 Å². The number of carbonyl (C=O) groups excluding carboxylic acids is 2. The molecule has 0 radical (unpaired) electrons. The highest BCUT2D eigenvalue weighted by molar-refractivity contribution is 6.22. The highest BCUT2D eigenvalue weighted by Gasteiger charge is 2.20. The fraction of sp³-hybridized carbons (Fsp3) is 0.179. The molecule has 3 aromatic carbocycles. The number of H-pyrrole nitrogens is 1. The third-order valence-corrected chi connectivity index (χ3v) is 6.25. The lowest BCUT2D eigenvalue weighted by Gasteiger charge is -2.27. The smallest absolute Gasteiger partial charge is 0.337 e. The zero-order chi connectivity index (χ0) is 25.8. The fourth-order valence-corrected chi connectivity index (χ4v) is 4.35. The summed E-state index contributed by atoms with van der Waals surface area (Å²) in [5, 5.41) is 17.8. The summed E-state index contributed by atoms with van der Waals surface area (Å²) in [5.74, 6) is -0.516. The number of nitrogens with one attached hydrogen (secondary N) is 3. The van der Waals surface area contributed by atoms with Gasteiger partial charge < -0.3 is 30.4 Å². The summed E-state index contributed by atoms with van der Waals surface area (Å²) in [6.07, 6.45) is 0. The molecule has 0 atom stereocenters. The molecule has 0 spiro atoms. The van der Waals surface area contributed by atoms with Crippen molar-refractivity contribution in [2.75, 3.05) is 38.6 Å². The number of piperazine rings is 1. The lowest BCUT2D eigenvalue weighted by molar-refractivity contribution is 0.0601. The van der Waals surface area contributed by atoms with Crippen molar-refractivity contribution in [1.29, 1.82) is 0 Å². The standard InChI is InChI=1S/C28H27N5O4/c1-37-27(35)19-7-12-22-23(17-19)32-26(34)24(22)25(18-5-3-2-4-6-18)30-20-8-10-21(11-9-20)31-28(36)33-15-13-29-14-16-33/h2-12,17,29,32,34H,13-16H2,1H3,(H,31,36). The van der Waals surface area contributed by atoms with Gasteiger partial charge in [0.05, 0.1) is 29.6 Å². The first-order valence-corrected chi connectivity index (χ1v) is 12.0. The van der Waals surface area contributed by atoms with Crippen LogP contribution in [-0.2, 0) is 4.74 Å². The van der Waals surface area contributed by atoms with Crippen molar-refractivity contribution < 1.29 is 19.4 Å². The van der Waals surface area contributed by atoms with Gasteiger partial charge in [0.2, 0.25) is 0 Å². The van der Waals surface area contributed by atoms with Gasteiger partial charge in [0, 0.05) is 48.3 Å². The van der Waals surface area contributed by atoms with Crippen molar-refractivity contribution in [1.82, 2.24) is 15.2 Å². The summed E-state index contributed by atoms with van der Waals surface area (Å²) in [5.41, 5.74) is 4.19. The molecule has 2 heterocycles. The Labute approximate surface area is 213 Å². The third-order valence-electron chi connectivity index (χ3n) is 6.25. The number of amides is 2. The Morgan fingerprint density at radius 3 is 2.41 bits per heavy atom. The number of nitrogens with zero attached hydrogens (tertiary/aromatic N) is 2. The fourth-order valence-electron chi connectivity index (χ4n) is 4.35. The van der Waals surface area contributed by atoms with E-state index >= 15 is 0 Å². The Morgan fingerprint density at radius 1 is 0.973 bits per heavy atom. The minimum absolute atomic E-state index is 0.0560. The second-order valence-corrected chi connectivity index (χ2v) is 8.64. The van der Waals surface area contributed by atoms with E-state index in [-0.39, 0.29) is 11.9 Å². The van der Waals surface area contributed by atoms with Gasteiger partial charge in [-0.05, 0) is 36.4 Å². The van der Waals surface area contributed by atoms with E-state index in [1.165, 1.54) is 7.11 Å². The molecular formula is C28H27N5O4. The van der Waals surface area contributed by atoms with Crippen LogP contribution in [0, 0.1) is 0 Å². The van der Waals surface area contributed by atoms with Crippen molar-refractivity contribution >= 4 is 40.0 Å². The molecule has 5 rings (SSSR count). The average molecular weight is 498 g/mol. The van der Waals surface area contributed by atoms with Crippen molar-refractivity contribution in [3.8, 4) is 5.88 Å². The molecule has 9 heteroatoms. The predicted molar refractivity (Wildman–Crippen MR) is 143 cm³/mol. The number of urea groups is 1. The number of aliphatic imine (C=N–C) groups is 1. The maximum atomic E-state index is 12.5. The van der Waals surface area contributed by atoms with E-state index in [1.807, 2.05) is 42.5 Å². The number of rotatable bonds is 5. The zero-order valence-electron chi connectivity index (χ0n) is 20.3. The van der Waals surface area contributed by atoms with Crippen LogP contribution in [0.3, 0.4) is 0 Å². The van der Waals surface area contributed by atoms with Gasteiger partial charge in [-0.15, -0.1) is 0 Å². The molecule has 4 N–H and O–H groups in total. The molecule has 1 fully saturated rings. The highest BCUT2D eigenvalue weighted by Crippen LogP contribution is 2.32. The molecule has 1 aliphatic heterocycles. The summed E-state index contributed by atoms with van der Waals surface area (Å²) in [4.78, 5) is 34.1. The van der Waals surface area contributed by atoms with Crippen molar-refractivity contribution in [3.63, 3.8) is 0 Å². The van der Waals surface area contributed by atoms with Gasteiger partial charge in [-0.2, -0.15) is 0 Å². The van der Waals surface area contributed by atoms with Crippen LogP contribution in [0.2, 0.25) is 0 Å². The van der Waals surface area contributed by atoms with Crippen LogP contribution in [0.5, 0.6) is 5.88 Å². The minimum Gasteiger partial charge on any atom is -0.494 e. The second-order valence-electron chi connectivity index (χ2n) is 8.64. The first-order chi connectivity index (χ1) is 18.0. The van der Waals surface area contributed by atoms with Crippen molar-refractivity contribution in [2.24, 2.45) is 4.99 Å². The topological polar surface area (TPSA) is 119 Å². The maximum Gasteiger partial charge on any atom is 0.337 e. The first kappa shape index (κ1) is 24.1. The van der Waals surface area contributed by atoms with E-state index in [9.17, 15) is 14.7 Å². The molecular weight excluding hydrogens is 470 g/mol. The quantitative estimate of drug-likeness (QED) is 0.243. The molecule has 4 aromatic rings. The SMILES string of the molecule is COC(=O)c1ccc2c(C(=Nc3ccc(NC(=O)N4CCNCC4)cc3)c3ccccc3)c(O)[nH]c2c1. The number of aromatic amines is 1. The molecule has 9 nitrogen and oxygen atoms in total. The summed E-state index contributed by atoms with van der Waals surface area (Å²) < 4.78 is 4.82. The molecule has 1 saturated heterocycles. The highest BCUT2D eigenvalue weighted by atomic mass is 16.5. The second kappa shape index (κ2) is 10.5.